The molecule has 1 aliphatic rings. The zero-order valence-electron chi connectivity index (χ0n) is 19.6. The lowest BCUT2D eigenvalue weighted by molar-refractivity contribution is 0.309. The minimum Gasteiger partial charge on any atom is -0.488 e. The number of ether oxygens (including phenoxy) is 1. The van der Waals surface area contributed by atoms with E-state index in [0.717, 1.165) is 25.3 Å². The first-order valence-electron chi connectivity index (χ1n) is 12.3. The zero-order chi connectivity index (χ0) is 23.0. The molecule has 0 saturated carbocycles. The summed E-state index contributed by atoms with van der Waals surface area (Å²) in [5, 5.41) is 2.69. The van der Waals surface area contributed by atoms with Gasteiger partial charge in [-0.25, -0.2) is 0 Å². The van der Waals surface area contributed by atoms with E-state index in [9.17, 15) is 0 Å². The fourth-order valence-corrected chi connectivity index (χ4v) is 5.99. The highest BCUT2D eigenvalue weighted by molar-refractivity contribution is 7.56. The van der Waals surface area contributed by atoms with Crippen LogP contribution in [0.25, 0.3) is 0 Å². The van der Waals surface area contributed by atoms with Crippen molar-refractivity contribution in [3.8, 4) is 5.75 Å². The van der Waals surface area contributed by atoms with Crippen LogP contribution < -0.4 is 20.2 Å². The number of benzene rings is 4. The second-order valence-electron chi connectivity index (χ2n) is 8.96. The van der Waals surface area contributed by atoms with E-state index in [0.29, 0.717) is 15.2 Å². The van der Waals surface area contributed by atoms with Gasteiger partial charge in [-0.15, -0.1) is 0 Å². The van der Waals surface area contributed by atoms with Crippen molar-refractivity contribution in [1.82, 2.24) is 0 Å². The summed E-state index contributed by atoms with van der Waals surface area (Å²) in [4.78, 5) is 2.57. The van der Waals surface area contributed by atoms with Crippen LogP contribution in [0.1, 0.15) is 36.0 Å². The van der Waals surface area contributed by atoms with E-state index in [-0.39, 0.29) is 0 Å². The summed E-state index contributed by atoms with van der Waals surface area (Å²) >= 11 is 0. The molecule has 0 amide bonds. The third kappa shape index (κ3) is 5.88. The monoisotopic (exact) mass is 465 g/mol. The number of hydrogen-bond acceptors (Lipinski definition) is 2. The molecular formula is C31H32NOP. The SMILES string of the molecule is c1ccc(COc2ccc(Cc3ccccc3)cc2Pc2ccccc2N2CCCCC2)cc1. The average Bonchev–Trinajstić information content (AvgIpc) is 2.90. The van der Waals surface area contributed by atoms with Gasteiger partial charge in [0, 0.05) is 29.4 Å². The van der Waals surface area contributed by atoms with E-state index in [1.807, 2.05) is 6.07 Å². The zero-order valence-corrected chi connectivity index (χ0v) is 20.6. The summed E-state index contributed by atoms with van der Waals surface area (Å²) in [6.45, 7) is 2.91. The van der Waals surface area contributed by atoms with Gasteiger partial charge in [0.25, 0.3) is 0 Å². The van der Waals surface area contributed by atoms with E-state index in [1.54, 1.807) is 0 Å². The van der Waals surface area contributed by atoms with Crippen LogP contribution in [-0.2, 0) is 13.0 Å². The average molecular weight is 466 g/mol. The van der Waals surface area contributed by atoms with Crippen LogP contribution in [0.3, 0.4) is 0 Å². The molecule has 0 spiro atoms. The second kappa shape index (κ2) is 11.4. The maximum Gasteiger partial charge on any atom is 0.127 e. The Morgan fingerprint density at radius 2 is 1.29 bits per heavy atom. The number of piperidine rings is 1. The standard InChI is InChI=1S/C31H32NOP/c1-4-12-25(13-5-1)22-27-18-19-29(33-24-26-14-6-2-7-15-26)31(23-27)34-30-17-9-8-16-28(30)32-20-10-3-11-21-32/h1-2,4-9,12-19,23,34H,3,10-11,20-22,24H2. The van der Waals surface area contributed by atoms with Crippen molar-refractivity contribution in [3.63, 3.8) is 0 Å². The van der Waals surface area contributed by atoms with Crippen molar-refractivity contribution in [2.24, 2.45) is 0 Å². The van der Waals surface area contributed by atoms with Crippen molar-refractivity contribution in [2.45, 2.75) is 32.3 Å². The Hall–Kier alpha value is -3.09. The Morgan fingerprint density at radius 1 is 0.618 bits per heavy atom. The highest BCUT2D eigenvalue weighted by atomic mass is 31.1. The molecule has 5 rings (SSSR count). The van der Waals surface area contributed by atoms with Crippen LogP contribution in [0.2, 0.25) is 0 Å². The first-order chi connectivity index (χ1) is 16.8. The summed E-state index contributed by atoms with van der Waals surface area (Å²) in [6.07, 6.45) is 4.86. The fraction of sp³-hybridized carbons (Fsp3) is 0.226. The highest BCUT2D eigenvalue weighted by Gasteiger charge is 2.16. The number of para-hydroxylation sites is 1. The van der Waals surface area contributed by atoms with Gasteiger partial charge >= 0.3 is 0 Å². The smallest absolute Gasteiger partial charge is 0.127 e. The summed E-state index contributed by atoms with van der Waals surface area (Å²) < 4.78 is 6.38. The highest BCUT2D eigenvalue weighted by Crippen LogP contribution is 2.28. The summed E-state index contributed by atoms with van der Waals surface area (Å²) in [5.41, 5.74) is 5.25. The Balaban J connectivity index is 1.43. The van der Waals surface area contributed by atoms with Crippen LogP contribution in [0.5, 0.6) is 5.75 Å². The van der Waals surface area contributed by atoms with Crippen molar-refractivity contribution < 1.29 is 4.74 Å². The van der Waals surface area contributed by atoms with Crippen LogP contribution in [-0.4, -0.2) is 13.1 Å². The predicted molar refractivity (Wildman–Crippen MR) is 147 cm³/mol. The molecule has 0 aliphatic carbocycles. The molecule has 1 heterocycles. The van der Waals surface area contributed by atoms with Gasteiger partial charge in [0.05, 0.1) is 0 Å². The molecule has 1 atom stereocenters. The molecule has 1 saturated heterocycles. The van der Waals surface area contributed by atoms with E-state index in [1.165, 1.54) is 52.2 Å². The van der Waals surface area contributed by atoms with Crippen LogP contribution in [0.4, 0.5) is 5.69 Å². The predicted octanol–water partition coefficient (Wildman–Crippen LogP) is 6.48. The molecule has 172 valence electrons. The summed E-state index contributed by atoms with van der Waals surface area (Å²) in [7, 11) is 0.557. The van der Waals surface area contributed by atoms with Gasteiger partial charge in [0.2, 0.25) is 0 Å². The third-order valence-corrected chi connectivity index (χ3v) is 7.75. The fourth-order valence-electron chi connectivity index (χ4n) is 4.61. The van der Waals surface area contributed by atoms with Crippen LogP contribution >= 0.6 is 8.58 Å². The Kier molecular flexibility index (Phi) is 7.58. The number of rotatable bonds is 8. The van der Waals surface area contributed by atoms with Crippen molar-refractivity contribution in [3.05, 3.63) is 120 Å². The van der Waals surface area contributed by atoms with E-state index < -0.39 is 0 Å². The van der Waals surface area contributed by atoms with Crippen molar-refractivity contribution >= 4 is 24.9 Å². The molecule has 4 aromatic rings. The maximum atomic E-state index is 6.38. The third-order valence-electron chi connectivity index (χ3n) is 6.40. The molecule has 1 unspecified atom stereocenters. The largest absolute Gasteiger partial charge is 0.488 e. The summed E-state index contributed by atoms with van der Waals surface area (Å²) in [5.74, 6) is 0.993. The Bertz CT molecular complexity index is 1190. The van der Waals surface area contributed by atoms with E-state index >= 15 is 0 Å². The minimum atomic E-state index is 0.557. The normalized spacial score (nSPS) is 13.9. The quantitative estimate of drug-likeness (QED) is 0.276. The van der Waals surface area contributed by atoms with E-state index in [2.05, 4.69) is 102 Å². The van der Waals surface area contributed by atoms with Gasteiger partial charge in [-0.2, -0.15) is 0 Å². The van der Waals surface area contributed by atoms with Gasteiger partial charge < -0.3 is 9.64 Å². The second-order valence-corrected chi connectivity index (χ2v) is 10.3. The molecular weight excluding hydrogens is 433 g/mol. The van der Waals surface area contributed by atoms with Gasteiger partial charge in [-0.3, -0.25) is 0 Å². The topological polar surface area (TPSA) is 12.5 Å². The molecule has 34 heavy (non-hydrogen) atoms. The lowest BCUT2D eigenvalue weighted by Crippen LogP contribution is -2.32. The molecule has 2 nitrogen and oxygen atoms in total. The number of anilines is 1. The molecule has 4 aromatic carbocycles. The first kappa shape index (κ1) is 22.7. The van der Waals surface area contributed by atoms with Crippen LogP contribution in [0.15, 0.2) is 103 Å². The molecule has 0 aromatic heterocycles. The molecule has 3 heteroatoms. The maximum absolute atomic E-state index is 6.38. The first-order valence-corrected chi connectivity index (χ1v) is 13.3. The van der Waals surface area contributed by atoms with Gasteiger partial charge in [0.15, 0.2) is 0 Å². The number of hydrogen-bond donors (Lipinski definition) is 0. The molecule has 0 radical (unpaired) electrons. The van der Waals surface area contributed by atoms with Gasteiger partial charge in [-0.1, -0.05) is 93.5 Å². The molecule has 1 aliphatic heterocycles. The van der Waals surface area contributed by atoms with Crippen molar-refractivity contribution in [2.75, 3.05) is 18.0 Å². The molecule has 1 fully saturated rings. The lowest BCUT2D eigenvalue weighted by atomic mass is 10.1. The number of nitrogens with zero attached hydrogens (tertiary/aromatic N) is 1. The van der Waals surface area contributed by atoms with Gasteiger partial charge in [0.1, 0.15) is 12.4 Å². The van der Waals surface area contributed by atoms with E-state index in [4.69, 9.17) is 4.74 Å². The van der Waals surface area contributed by atoms with Crippen LogP contribution in [0, 0.1) is 0 Å². The Labute approximate surface area is 205 Å². The molecule has 0 bridgehead atoms. The lowest BCUT2D eigenvalue weighted by Gasteiger charge is -2.30. The van der Waals surface area contributed by atoms with Crippen molar-refractivity contribution in [1.29, 1.82) is 0 Å². The molecule has 0 N–H and O–H groups in total. The van der Waals surface area contributed by atoms with Gasteiger partial charge in [-0.05, 0) is 60.6 Å². The Morgan fingerprint density at radius 3 is 2.06 bits per heavy atom. The summed E-state index contributed by atoms with van der Waals surface area (Å²) in [6, 6.07) is 36.8. The minimum absolute atomic E-state index is 0.557.